The van der Waals surface area contributed by atoms with Gasteiger partial charge in [-0.15, -0.1) is 0 Å². The van der Waals surface area contributed by atoms with E-state index in [0.29, 0.717) is 6.54 Å². The molecule has 0 fully saturated rings. The van der Waals surface area contributed by atoms with Crippen molar-refractivity contribution < 1.29 is 5.11 Å². The number of aliphatic hydroxyl groups is 1. The van der Waals surface area contributed by atoms with Crippen molar-refractivity contribution in [2.75, 3.05) is 24.6 Å². The summed E-state index contributed by atoms with van der Waals surface area (Å²) in [5.74, 6) is 0. The van der Waals surface area contributed by atoms with Crippen LogP contribution in [0.15, 0.2) is 54.6 Å². The summed E-state index contributed by atoms with van der Waals surface area (Å²) in [4.78, 5) is 2.19. The molecule has 0 heterocycles. The van der Waals surface area contributed by atoms with E-state index in [9.17, 15) is 0 Å². The molecule has 21 heavy (non-hydrogen) atoms. The Morgan fingerprint density at radius 1 is 1.00 bits per heavy atom. The van der Waals surface area contributed by atoms with E-state index in [0.717, 1.165) is 18.7 Å². The Bertz CT molecular complexity index is 525. The van der Waals surface area contributed by atoms with Crippen LogP contribution in [-0.4, -0.2) is 30.8 Å². The number of anilines is 1. The number of rotatable bonds is 7. The molecule has 1 unspecified atom stereocenters. The third-order valence-corrected chi connectivity index (χ3v) is 3.62. The summed E-state index contributed by atoms with van der Waals surface area (Å²) >= 11 is 0. The molecule has 3 heteroatoms. The first-order valence-corrected chi connectivity index (χ1v) is 7.47. The van der Waals surface area contributed by atoms with Crippen molar-refractivity contribution in [1.82, 2.24) is 0 Å². The Kier molecular flexibility index (Phi) is 5.78. The van der Waals surface area contributed by atoms with Gasteiger partial charge in [-0.2, -0.15) is 0 Å². The van der Waals surface area contributed by atoms with Gasteiger partial charge in [0, 0.05) is 24.8 Å². The molecule has 0 bridgehead atoms. The van der Waals surface area contributed by atoms with Crippen LogP contribution in [0.3, 0.4) is 0 Å². The number of likely N-dealkylation sites (N-methyl/N-ethyl adjacent to an activating group) is 1. The first-order chi connectivity index (χ1) is 10.2. The van der Waals surface area contributed by atoms with Crippen LogP contribution in [0.1, 0.15) is 18.1 Å². The molecule has 3 N–H and O–H groups in total. The maximum Gasteiger partial charge on any atom is 0.0599 e. The van der Waals surface area contributed by atoms with Gasteiger partial charge in [0.25, 0.3) is 0 Å². The highest BCUT2D eigenvalue weighted by atomic mass is 16.3. The lowest BCUT2D eigenvalue weighted by atomic mass is 10.0. The van der Waals surface area contributed by atoms with Crippen molar-refractivity contribution in [2.24, 2.45) is 5.73 Å². The Hall–Kier alpha value is -1.84. The number of nitrogens with zero attached hydrogens (tertiary/aromatic N) is 1. The number of hydrogen-bond acceptors (Lipinski definition) is 3. The first-order valence-electron chi connectivity index (χ1n) is 7.47. The van der Waals surface area contributed by atoms with Crippen LogP contribution in [-0.2, 0) is 6.42 Å². The van der Waals surface area contributed by atoms with Gasteiger partial charge in [0.15, 0.2) is 0 Å². The number of nitrogens with two attached hydrogens (primary N) is 1. The van der Waals surface area contributed by atoms with Gasteiger partial charge >= 0.3 is 0 Å². The van der Waals surface area contributed by atoms with Gasteiger partial charge in [-0.3, -0.25) is 0 Å². The van der Waals surface area contributed by atoms with Gasteiger partial charge in [-0.1, -0.05) is 42.5 Å². The standard InChI is InChI=1S/C18H24N2O/c1-2-20(13-17(19)14-21)18-10-8-16(9-11-18)12-15-6-4-3-5-7-15/h3-11,17,21H,2,12-14,19H2,1H3. The molecule has 0 aliphatic rings. The quantitative estimate of drug-likeness (QED) is 0.821. The van der Waals surface area contributed by atoms with Gasteiger partial charge < -0.3 is 15.7 Å². The predicted octanol–water partition coefficient (Wildman–Crippen LogP) is 2.42. The molecule has 2 aromatic carbocycles. The van der Waals surface area contributed by atoms with E-state index in [-0.39, 0.29) is 12.6 Å². The summed E-state index contributed by atoms with van der Waals surface area (Å²) in [5.41, 5.74) is 9.60. The molecule has 112 valence electrons. The summed E-state index contributed by atoms with van der Waals surface area (Å²) < 4.78 is 0. The second kappa shape index (κ2) is 7.81. The lowest BCUT2D eigenvalue weighted by molar-refractivity contribution is 0.267. The fraction of sp³-hybridized carbons (Fsp3) is 0.333. The second-order valence-corrected chi connectivity index (χ2v) is 5.31. The molecule has 0 saturated carbocycles. The zero-order valence-electron chi connectivity index (χ0n) is 12.6. The second-order valence-electron chi connectivity index (χ2n) is 5.31. The van der Waals surface area contributed by atoms with Crippen LogP contribution in [0.5, 0.6) is 0 Å². The van der Waals surface area contributed by atoms with Gasteiger partial charge in [0.05, 0.1) is 6.61 Å². The molecule has 0 spiro atoms. The van der Waals surface area contributed by atoms with Crippen LogP contribution in [0.25, 0.3) is 0 Å². The highest BCUT2D eigenvalue weighted by Crippen LogP contribution is 2.17. The van der Waals surface area contributed by atoms with Crippen molar-refractivity contribution in [3.63, 3.8) is 0 Å². The van der Waals surface area contributed by atoms with Crippen molar-refractivity contribution in [3.8, 4) is 0 Å². The monoisotopic (exact) mass is 284 g/mol. The van der Waals surface area contributed by atoms with Crippen molar-refractivity contribution >= 4 is 5.69 Å². The van der Waals surface area contributed by atoms with Gasteiger partial charge in [0.1, 0.15) is 0 Å². The van der Waals surface area contributed by atoms with Crippen molar-refractivity contribution in [2.45, 2.75) is 19.4 Å². The van der Waals surface area contributed by atoms with Crippen LogP contribution < -0.4 is 10.6 Å². The molecular weight excluding hydrogens is 260 g/mol. The summed E-state index contributed by atoms with van der Waals surface area (Å²) in [5, 5.41) is 9.08. The van der Waals surface area contributed by atoms with E-state index in [4.69, 9.17) is 10.8 Å². The average molecular weight is 284 g/mol. The zero-order valence-corrected chi connectivity index (χ0v) is 12.6. The van der Waals surface area contributed by atoms with E-state index in [1.165, 1.54) is 11.1 Å². The molecule has 0 amide bonds. The minimum atomic E-state index is -0.200. The molecule has 0 radical (unpaired) electrons. The number of hydrogen-bond donors (Lipinski definition) is 2. The Labute approximate surface area is 127 Å². The zero-order chi connectivity index (χ0) is 15.1. The molecule has 3 nitrogen and oxygen atoms in total. The topological polar surface area (TPSA) is 49.5 Å². The first kappa shape index (κ1) is 15.5. The lowest BCUT2D eigenvalue weighted by Gasteiger charge is -2.26. The number of aliphatic hydroxyl groups excluding tert-OH is 1. The molecule has 0 aliphatic heterocycles. The maximum atomic E-state index is 9.08. The minimum Gasteiger partial charge on any atom is -0.395 e. The van der Waals surface area contributed by atoms with Gasteiger partial charge in [-0.25, -0.2) is 0 Å². The summed E-state index contributed by atoms with van der Waals surface area (Å²) in [7, 11) is 0. The maximum absolute atomic E-state index is 9.08. The Balaban J connectivity index is 2.03. The van der Waals surface area contributed by atoms with Crippen molar-refractivity contribution in [1.29, 1.82) is 0 Å². The number of benzene rings is 2. The summed E-state index contributed by atoms with van der Waals surface area (Å²) in [6.07, 6.45) is 0.948. The van der Waals surface area contributed by atoms with Crippen LogP contribution >= 0.6 is 0 Å². The van der Waals surface area contributed by atoms with Gasteiger partial charge in [-0.05, 0) is 36.6 Å². The molecule has 0 saturated heterocycles. The van der Waals surface area contributed by atoms with Crippen LogP contribution in [0.2, 0.25) is 0 Å². The van der Waals surface area contributed by atoms with Crippen molar-refractivity contribution in [3.05, 3.63) is 65.7 Å². The van der Waals surface area contributed by atoms with E-state index < -0.39 is 0 Å². The van der Waals surface area contributed by atoms with E-state index >= 15 is 0 Å². The van der Waals surface area contributed by atoms with Gasteiger partial charge in [0.2, 0.25) is 0 Å². The molecular formula is C18H24N2O. The smallest absolute Gasteiger partial charge is 0.0599 e. The lowest BCUT2D eigenvalue weighted by Crippen LogP contribution is -2.39. The largest absolute Gasteiger partial charge is 0.395 e. The van der Waals surface area contributed by atoms with Crippen LogP contribution in [0, 0.1) is 0 Å². The third-order valence-electron chi connectivity index (χ3n) is 3.62. The van der Waals surface area contributed by atoms with E-state index in [1.54, 1.807) is 0 Å². The molecule has 0 aromatic heterocycles. The summed E-state index contributed by atoms with van der Waals surface area (Å²) in [6.45, 7) is 3.67. The average Bonchev–Trinajstić information content (AvgIpc) is 2.54. The highest BCUT2D eigenvalue weighted by Gasteiger charge is 2.09. The SMILES string of the molecule is CCN(CC(N)CO)c1ccc(Cc2ccccc2)cc1. The fourth-order valence-electron chi connectivity index (χ4n) is 2.41. The molecule has 1 atom stereocenters. The predicted molar refractivity (Wildman–Crippen MR) is 88.6 cm³/mol. The van der Waals surface area contributed by atoms with E-state index in [1.807, 2.05) is 6.07 Å². The Morgan fingerprint density at radius 2 is 1.62 bits per heavy atom. The highest BCUT2D eigenvalue weighted by molar-refractivity contribution is 5.48. The minimum absolute atomic E-state index is 0.0165. The molecule has 0 aliphatic carbocycles. The fourth-order valence-corrected chi connectivity index (χ4v) is 2.41. The van der Waals surface area contributed by atoms with Crippen LogP contribution in [0.4, 0.5) is 5.69 Å². The molecule has 2 rings (SSSR count). The Morgan fingerprint density at radius 3 is 2.19 bits per heavy atom. The normalized spacial score (nSPS) is 12.1. The molecule has 2 aromatic rings. The third kappa shape index (κ3) is 4.59. The van der Waals surface area contributed by atoms with E-state index in [2.05, 4.69) is 60.4 Å². The summed E-state index contributed by atoms with van der Waals surface area (Å²) in [6, 6.07) is 18.9.